The van der Waals surface area contributed by atoms with Gasteiger partial charge in [0.15, 0.2) is 0 Å². The molecule has 0 aromatic carbocycles. The molecule has 0 radical (unpaired) electrons. The van der Waals surface area contributed by atoms with Gasteiger partial charge in [-0.1, -0.05) is 6.07 Å². The zero-order chi connectivity index (χ0) is 14.1. The Bertz CT molecular complexity index is 574. The third-order valence-corrected chi connectivity index (χ3v) is 5.36. The first-order valence-corrected chi connectivity index (χ1v) is 8.42. The Labute approximate surface area is 128 Å². The van der Waals surface area contributed by atoms with E-state index in [1.165, 1.54) is 12.0 Å². The second-order valence-corrected chi connectivity index (χ2v) is 6.84. The standard InChI is InChI=1S/C16H19N3OS/c1-2-12(9-17-4-1)10-19-6-3-13-8-14(20-15(13)11-19)16-18-5-7-21-16/h1-2,4-5,7,9,13-15H,3,6,8,10-11H2/t13-,14+,15+/m1/s1. The van der Waals surface area contributed by atoms with Crippen LogP contribution < -0.4 is 0 Å². The van der Waals surface area contributed by atoms with Gasteiger partial charge in [0.1, 0.15) is 11.1 Å². The predicted octanol–water partition coefficient (Wildman–Crippen LogP) is 2.89. The van der Waals surface area contributed by atoms with Gasteiger partial charge in [0.05, 0.1) is 6.10 Å². The van der Waals surface area contributed by atoms with E-state index >= 15 is 0 Å². The topological polar surface area (TPSA) is 38.2 Å². The average Bonchev–Trinajstić information content (AvgIpc) is 3.17. The van der Waals surface area contributed by atoms with Crippen molar-refractivity contribution < 1.29 is 4.74 Å². The van der Waals surface area contributed by atoms with Crippen LogP contribution in [0.3, 0.4) is 0 Å². The van der Waals surface area contributed by atoms with E-state index in [0.29, 0.717) is 12.0 Å². The summed E-state index contributed by atoms with van der Waals surface area (Å²) in [5.74, 6) is 0.698. The van der Waals surface area contributed by atoms with Crippen molar-refractivity contribution in [2.24, 2.45) is 5.92 Å². The van der Waals surface area contributed by atoms with Crippen molar-refractivity contribution in [2.75, 3.05) is 13.1 Å². The molecule has 4 rings (SSSR count). The number of hydrogen-bond donors (Lipinski definition) is 0. The molecule has 2 aliphatic heterocycles. The molecule has 2 fully saturated rings. The minimum atomic E-state index is 0.221. The molecule has 0 unspecified atom stereocenters. The maximum absolute atomic E-state index is 6.27. The molecule has 2 aromatic heterocycles. The first kappa shape index (κ1) is 13.4. The SMILES string of the molecule is c1cncc(CN2CC[C@@H]3C[C@@H](c4nccs4)O[C@H]3C2)c1. The van der Waals surface area contributed by atoms with Crippen LogP contribution in [-0.4, -0.2) is 34.1 Å². The van der Waals surface area contributed by atoms with E-state index in [1.807, 2.05) is 30.0 Å². The molecule has 5 heteroatoms. The highest BCUT2D eigenvalue weighted by Crippen LogP contribution is 2.41. The zero-order valence-corrected chi connectivity index (χ0v) is 12.7. The first-order valence-electron chi connectivity index (χ1n) is 7.54. The summed E-state index contributed by atoms with van der Waals surface area (Å²) in [6.45, 7) is 3.16. The van der Waals surface area contributed by atoms with Crippen molar-refractivity contribution in [3.05, 3.63) is 46.7 Å². The van der Waals surface area contributed by atoms with Crippen LogP contribution >= 0.6 is 11.3 Å². The van der Waals surface area contributed by atoms with E-state index in [2.05, 4.69) is 20.9 Å². The molecule has 21 heavy (non-hydrogen) atoms. The van der Waals surface area contributed by atoms with Gasteiger partial charge in [0.25, 0.3) is 0 Å². The van der Waals surface area contributed by atoms with Gasteiger partial charge < -0.3 is 4.74 Å². The van der Waals surface area contributed by atoms with Gasteiger partial charge in [0, 0.05) is 37.1 Å². The van der Waals surface area contributed by atoms with Gasteiger partial charge in [-0.05, 0) is 36.9 Å². The van der Waals surface area contributed by atoms with E-state index in [1.54, 1.807) is 11.3 Å². The summed E-state index contributed by atoms with van der Waals surface area (Å²) < 4.78 is 6.27. The minimum absolute atomic E-state index is 0.221. The predicted molar refractivity (Wildman–Crippen MR) is 82.0 cm³/mol. The van der Waals surface area contributed by atoms with Crippen LogP contribution in [0.25, 0.3) is 0 Å². The summed E-state index contributed by atoms with van der Waals surface area (Å²) in [5, 5.41) is 3.18. The lowest BCUT2D eigenvalue weighted by atomic mass is 9.91. The molecule has 0 aliphatic carbocycles. The monoisotopic (exact) mass is 301 g/mol. The third-order valence-electron chi connectivity index (χ3n) is 4.49. The van der Waals surface area contributed by atoms with Crippen LogP contribution in [0.15, 0.2) is 36.1 Å². The van der Waals surface area contributed by atoms with Gasteiger partial charge in [-0.3, -0.25) is 9.88 Å². The minimum Gasteiger partial charge on any atom is -0.366 e. The third kappa shape index (κ3) is 2.86. The summed E-state index contributed by atoms with van der Waals surface area (Å²) in [6.07, 6.45) is 8.61. The van der Waals surface area contributed by atoms with Gasteiger partial charge >= 0.3 is 0 Å². The van der Waals surface area contributed by atoms with Crippen LogP contribution in [0, 0.1) is 5.92 Å². The summed E-state index contributed by atoms with van der Waals surface area (Å²) in [6, 6.07) is 4.15. The number of likely N-dealkylation sites (tertiary alicyclic amines) is 1. The maximum Gasteiger partial charge on any atom is 0.121 e. The van der Waals surface area contributed by atoms with Crippen molar-refractivity contribution in [3.8, 4) is 0 Å². The second-order valence-electron chi connectivity index (χ2n) is 5.91. The van der Waals surface area contributed by atoms with Crippen molar-refractivity contribution in [1.29, 1.82) is 0 Å². The second kappa shape index (κ2) is 5.83. The molecule has 0 amide bonds. The highest BCUT2D eigenvalue weighted by molar-refractivity contribution is 7.09. The fraction of sp³-hybridized carbons (Fsp3) is 0.500. The molecule has 0 spiro atoms. The number of pyridine rings is 1. The first-order chi connectivity index (χ1) is 10.4. The molecular weight excluding hydrogens is 282 g/mol. The number of piperidine rings is 1. The van der Waals surface area contributed by atoms with Gasteiger partial charge in [-0.25, -0.2) is 4.98 Å². The Morgan fingerprint density at radius 3 is 3.19 bits per heavy atom. The normalized spacial score (nSPS) is 29.4. The van der Waals surface area contributed by atoms with Crippen molar-refractivity contribution in [1.82, 2.24) is 14.9 Å². The van der Waals surface area contributed by atoms with Crippen LogP contribution in [-0.2, 0) is 11.3 Å². The molecule has 4 nitrogen and oxygen atoms in total. The van der Waals surface area contributed by atoms with E-state index in [9.17, 15) is 0 Å². The highest BCUT2D eigenvalue weighted by Gasteiger charge is 2.40. The molecule has 2 aliphatic rings. The molecular formula is C16H19N3OS. The van der Waals surface area contributed by atoms with Gasteiger partial charge in [-0.2, -0.15) is 0 Å². The van der Waals surface area contributed by atoms with E-state index in [4.69, 9.17) is 4.74 Å². The van der Waals surface area contributed by atoms with Crippen LogP contribution in [0.2, 0.25) is 0 Å². The Hall–Kier alpha value is -1.30. The Kier molecular flexibility index (Phi) is 3.71. The largest absolute Gasteiger partial charge is 0.366 e. The van der Waals surface area contributed by atoms with Crippen LogP contribution in [0.1, 0.15) is 29.5 Å². The molecule has 0 bridgehead atoms. The zero-order valence-electron chi connectivity index (χ0n) is 11.9. The molecule has 0 saturated carbocycles. The summed E-state index contributed by atoms with van der Waals surface area (Å²) in [5.41, 5.74) is 1.28. The Balaban J connectivity index is 1.39. The Morgan fingerprint density at radius 1 is 1.38 bits per heavy atom. The van der Waals surface area contributed by atoms with Crippen molar-refractivity contribution in [2.45, 2.75) is 31.6 Å². The van der Waals surface area contributed by atoms with Crippen LogP contribution in [0.4, 0.5) is 0 Å². The molecule has 4 heterocycles. The molecule has 0 N–H and O–H groups in total. The Morgan fingerprint density at radius 2 is 2.38 bits per heavy atom. The van der Waals surface area contributed by atoms with Crippen molar-refractivity contribution in [3.63, 3.8) is 0 Å². The van der Waals surface area contributed by atoms with E-state index in [-0.39, 0.29) is 6.10 Å². The fourth-order valence-electron chi connectivity index (χ4n) is 3.44. The molecule has 2 saturated heterocycles. The number of hydrogen-bond acceptors (Lipinski definition) is 5. The fourth-order valence-corrected chi connectivity index (χ4v) is 4.13. The molecule has 3 atom stereocenters. The number of fused-ring (bicyclic) bond motifs is 1. The smallest absolute Gasteiger partial charge is 0.121 e. The summed E-state index contributed by atoms with van der Waals surface area (Å²) in [4.78, 5) is 11.1. The number of nitrogens with zero attached hydrogens (tertiary/aromatic N) is 3. The molecule has 2 aromatic rings. The lowest BCUT2D eigenvalue weighted by Gasteiger charge is -2.33. The lowest BCUT2D eigenvalue weighted by Crippen LogP contribution is -2.41. The molecule has 110 valence electrons. The summed E-state index contributed by atoms with van der Waals surface area (Å²) in [7, 11) is 0. The van der Waals surface area contributed by atoms with E-state index in [0.717, 1.165) is 31.1 Å². The highest BCUT2D eigenvalue weighted by atomic mass is 32.1. The number of aromatic nitrogens is 2. The van der Waals surface area contributed by atoms with Crippen LogP contribution in [0.5, 0.6) is 0 Å². The number of rotatable bonds is 3. The van der Waals surface area contributed by atoms with Gasteiger partial charge in [0.2, 0.25) is 0 Å². The van der Waals surface area contributed by atoms with E-state index < -0.39 is 0 Å². The lowest BCUT2D eigenvalue weighted by molar-refractivity contribution is -0.00941. The number of thiazole rings is 1. The summed E-state index contributed by atoms with van der Waals surface area (Å²) >= 11 is 1.71. The average molecular weight is 301 g/mol. The van der Waals surface area contributed by atoms with Crippen molar-refractivity contribution >= 4 is 11.3 Å². The van der Waals surface area contributed by atoms with Gasteiger partial charge in [-0.15, -0.1) is 11.3 Å². The quantitative estimate of drug-likeness (QED) is 0.874. The maximum atomic E-state index is 6.27. The number of ether oxygens (including phenoxy) is 1.